The second-order valence-electron chi connectivity index (χ2n) is 4.45. The largest absolute Gasteiger partial charge is 0.349 e. The molecular weight excluding hydrogens is 254 g/mol. The highest BCUT2D eigenvalue weighted by Gasteiger charge is 2.27. The first-order chi connectivity index (χ1) is 8.20. The molecule has 1 aromatic rings. The average Bonchev–Trinajstić information content (AvgIpc) is 2.76. The highest BCUT2D eigenvalue weighted by Crippen LogP contribution is 2.24. The molecule has 0 aliphatic heterocycles. The van der Waals surface area contributed by atoms with E-state index >= 15 is 0 Å². The van der Waals surface area contributed by atoms with Crippen LogP contribution >= 0.6 is 12.4 Å². The number of aromatic amines is 1. The molecule has 100 valence electrons. The maximum atomic E-state index is 11.9. The summed E-state index contributed by atoms with van der Waals surface area (Å²) >= 11 is 0. The highest BCUT2D eigenvalue weighted by atomic mass is 35.5. The minimum Gasteiger partial charge on any atom is -0.349 e. The maximum Gasteiger partial charge on any atom is 0.251 e. The average molecular weight is 272 g/mol. The van der Waals surface area contributed by atoms with Gasteiger partial charge >= 0.3 is 0 Å². The van der Waals surface area contributed by atoms with Gasteiger partial charge in [-0.05, 0) is 31.4 Å². The van der Waals surface area contributed by atoms with E-state index in [9.17, 15) is 9.59 Å². The molecule has 4 N–H and O–H groups in total. The normalized spacial score (nSPS) is 22.3. The fourth-order valence-corrected chi connectivity index (χ4v) is 2.35. The molecular formula is C12H18ClN3O2. The van der Waals surface area contributed by atoms with Crippen LogP contribution in [0.2, 0.25) is 0 Å². The van der Waals surface area contributed by atoms with Gasteiger partial charge in [-0.1, -0.05) is 6.42 Å². The van der Waals surface area contributed by atoms with Crippen molar-refractivity contribution in [2.24, 2.45) is 11.7 Å². The number of nitrogens with two attached hydrogens (primary N) is 1. The molecule has 1 amide bonds. The monoisotopic (exact) mass is 271 g/mol. The number of aromatic nitrogens is 1. The number of carbonyl (C=O) groups is 1. The van der Waals surface area contributed by atoms with Crippen molar-refractivity contribution >= 4 is 18.3 Å². The lowest BCUT2D eigenvalue weighted by Gasteiger charge is -2.19. The lowest BCUT2D eigenvalue weighted by Crippen LogP contribution is -2.40. The lowest BCUT2D eigenvalue weighted by molar-refractivity contribution is 0.0928. The summed E-state index contributed by atoms with van der Waals surface area (Å²) in [6.07, 6.45) is 4.61. The molecule has 5 nitrogen and oxygen atoms in total. The quantitative estimate of drug-likeness (QED) is 0.754. The zero-order valence-corrected chi connectivity index (χ0v) is 10.8. The first-order valence-corrected chi connectivity index (χ1v) is 5.90. The fourth-order valence-electron chi connectivity index (χ4n) is 2.35. The van der Waals surface area contributed by atoms with Crippen LogP contribution in [0.5, 0.6) is 0 Å². The van der Waals surface area contributed by atoms with Gasteiger partial charge in [-0.15, -0.1) is 12.4 Å². The second-order valence-corrected chi connectivity index (χ2v) is 4.45. The highest BCUT2D eigenvalue weighted by molar-refractivity contribution is 5.94. The molecule has 1 saturated carbocycles. The van der Waals surface area contributed by atoms with Crippen molar-refractivity contribution in [3.8, 4) is 0 Å². The Morgan fingerprint density at radius 2 is 2.28 bits per heavy atom. The molecule has 0 radical (unpaired) electrons. The molecule has 2 atom stereocenters. The molecule has 1 fully saturated rings. The number of rotatable bonds is 3. The van der Waals surface area contributed by atoms with Gasteiger partial charge in [0.25, 0.3) is 5.91 Å². The summed E-state index contributed by atoms with van der Waals surface area (Å²) in [5, 5.41) is 2.95. The van der Waals surface area contributed by atoms with E-state index in [1.165, 1.54) is 12.3 Å². The molecule has 0 aromatic carbocycles. The smallest absolute Gasteiger partial charge is 0.251 e. The van der Waals surface area contributed by atoms with Crippen LogP contribution < -0.4 is 16.6 Å². The van der Waals surface area contributed by atoms with Crippen LogP contribution in [-0.2, 0) is 0 Å². The van der Waals surface area contributed by atoms with E-state index in [4.69, 9.17) is 5.73 Å². The predicted octanol–water partition coefficient (Wildman–Crippen LogP) is 0.654. The number of pyridine rings is 1. The summed E-state index contributed by atoms with van der Waals surface area (Å²) in [5.41, 5.74) is 5.79. The number of amides is 1. The molecule has 0 spiro atoms. The number of hydrogen-bond acceptors (Lipinski definition) is 3. The summed E-state index contributed by atoms with van der Waals surface area (Å²) in [4.78, 5) is 25.5. The van der Waals surface area contributed by atoms with Crippen molar-refractivity contribution in [2.45, 2.75) is 25.3 Å². The number of hydrogen-bond donors (Lipinski definition) is 3. The van der Waals surface area contributed by atoms with E-state index in [0.29, 0.717) is 18.0 Å². The molecule has 1 heterocycles. The van der Waals surface area contributed by atoms with Crippen LogP contribution in [0.25, 0.3) is 0 Å². The SMILES string of the molecule is Cl.NCC1CCCC1NC(=O)c1cc[nH]c(=O)c1. The van der Waals surface area contributed by atoms with Gasteiger partial charge in [0.2, 0.25) is 5.56 Å². The summed E-state index contributed by atoms with van der Waals surface area (Å²) in [6.45, 7) is 0.598. The van der Waals surface area contributed by atoms with Gasteiger partial charge in [-0.2, -0.15) is 0 Å². The molecule has 0 bridgehead atoms. The molecule has 0 saturated heterocycles. The van der Waals surface area contributed by atoms with Gasteiger partial charge in [0.05, 0.1) is 0 Å². The summed E-state index contributed by atoms with van der Waals surface area (Å²) < 4.78 is 0. The van der Waals surface area contributed by atoms with Crippen LogP contribution in [0.3, 0.4) is 0 Å². The molecule has 18 heavy (non-hydrogen) atoms. The summed E-state index contributed by atoms with van der Waals surface area (Å²) in [7, 11) is 0. The van der Waals surface area contributed by atoms with Crippen molar-refractivity contribution in [3.63, 3.8) is 0 Å². The third-order valence-corrected chi connectivity index (χ3v) is 3.32. The fraction of sp³-hybridized carbons (Fsp3) is 0.500. The van der Waals surface area contributed by atoms with Crippen LogP contribution in [0.15, 0.2) is 23.1 Å². The van der Waals surface area contributed by atoms with Gasteiger partial charge in [0, 0.05) is 23.9 Å². The minimum absolute atomic E-state index is 0. The minimum atomic E-state index is -0.264. The summed E-state index contributed by atoms with van der Waals surface area (Å²) in [6, 6.07) is 3.05. The Balaban J connectivity index is 0.00000162. The van der Waals surface area contributed by atoms with E-state index < -0.39 is 0 Å². The van der Waals surface area contributed by atoms with Crippen molar-refractivity contribution in [1.29, 1.82) is 0 Å². The van der Waals surface area contributed by atoms with Crippen molar-refractivity contribution in [2.75, 3.05) is 6.54 Å². The van der Waals surface area contributed by atoms with E-state index in [2.05, 4.69) is 10.3 Å². The standard InChI is InChI=1S/C12H17N3O2.ClH/c13-7-9-2-1-3-10(9)15-12(17)8-4-5-14-11(16)6-8;/h4-6,9-10H,1-3,7,13H2,(H,14,16)(H,15,17);1H. The Hall–Kier alpha value is -1.33. The second kappa shape index (κ2) is 6.56. The zero-order chi connectivity index (χ0) is 12.3. The molecule has 1 aliphatic rings. The molecule has 1 aliphatic carbocycles. The van der Waals surface area contributed by atoms with E-state index in [1.54, 1.807) is 6.07 Å². The number of carbonyl (C=O) groups excluding carboxylic acids is 1. The van der Waals surface area contributed by atoms with E-state index in [1.807, 2.05) is 0 Å². The third-order valence-electron chi connectivity index (χ3n) is 3.32. The molecule has 2 unspecified atom stereocenters. The Morgan fingerprint density at radius 1 is 1.50 bits per heavy atom. The topological polar surface area (TPSA) is 88.0 Å². The van der Waals surface area contributed by atoms with Gasteiger partial charge < -0.3 is 16.0 Å². The lowest BCUT2D eigenvalue weighted by atomic mass is 10.0. The Morgan fingerprint density at radius 3 is 2.94 bits per heavy atom. The number of nitrogens with one attached hydrogen (secondary N) is 2. The van der Waals surface area contributed by atoms with Gasteiger partial charge in [-0.3, -0.25) is 9.59 Å². The van der Waals surface area contributed by atoms with Gasteiger partial charge in [0.15, 0.2) is 0 Å². The first-order valence-electron chi connectivity index (χ1n) is 5.90. The zero-order valence-electron chi connectivity index (χ0n) is 10.0. The number of halogens is 1. The van der Waals surface area contributed by atoms with Crippen LogP contribution in [-0.4, -0.2) is 23.5 Å². The Kier molecular flexibility index (Phi) is 5.37. The Bertz CT molecular complexity index is 461. The van der Waals surface area contributed by atoms with Crippen LogP contribution in [0.1, 0.15) is 29.6 Å². The third kappa shape index (κ3) is 3.34. The van der Waals surface area contributed by atoms with E-state index in [-0.39, 0.29) is 29.9 Å². The first kappa shape index (κ1) is 14.7. The maximum absolute atomic E-state index is 11.9. The van der Waals surface area contributed by atoms with Crippen LogP contribution in [0.4, 0.5) is 0 Å². The van der Waals surface area contributed by atoms with Crippen LogP contribution in [0, 0.1) is 5.92 Å². The Labute approximate surface area is 112 Å². The van der Waals surface area contributed by atoms with E-state index in [0.717, 1.165) is 19.3 Å². The summed E-state index contributed by atoms with van der Waals surface area (Å²) in [5.74, 6) is 0.169. The van der Waals surface area contributed by atoms with Crippen molar-refractivity contribution in [3.05, 3.63) is 34.2 Å². The van der Waals surface area contributed by atoms with Crippen molar-refractivity contribution < 1.29 is 4.79 Å². The van der Waals surface area contributed by atoms with Gasteiger partial charge in [-0.25, -0.2) is 0 Å². The van der Waals surface area contributed by atoms with Crippen molar-refractivity contribution in [1.82, 2.24) is 10.3 Å². The molecule has 2 rings (SSSR count). The predicted molar refractivity (Wildman–Crippen MR) is 72.0 cm³/mol. The number of H-pyrrole nitrogens is 1. The molecule has 6 heteroatoms. The van der Waals surface area contributed by atoms with Gasteiger partial charge in [0.1, 0.15) is 0 Å². The molecule has 1 aromatic heterocycles.